The second kappa shape index (κ2) is 5.40. The van der Waals surface area contributed by atoms with Crippen molar-refractivity contribution in [1.82, 2.24) is 10.2 Å². The van der Waals surface area contributed by atoms with Crippen LogP contribution in [0, 0.1) is 0 Å². The van der Waals surface area contributed by atoms with Gasteiger partial charge in [-0.15, -0.1) is 11.3 Å². The van der Waals surface area contributed by atoms with Crippen LogP contribution in [0.15, 0.2) is 15.9 Å². The highest BCUT2D eigenvalue weighted by atomic mass is 79.9. The van der Waals surface area contributed by atoms with E-state index in [9.17, 15) is 9.59 Å². The fourth-order valence-electron chi connectivity index (χ4n) is 1.94. The quantitative estimate of drug-likeness (QED) is 0.921. The average molecular weight is 331 g/mol. The molecule has 18 heavy (non-hydrogen) atoms. The van der Waals surface area contributed by atoms with Gasteiger partial charge in [0.1, 0.15) is 6.04 Å². The van der Waals surface area contributed by atoms with Crippen LogP contribution in [-0.2, 0) is 9.59 Å². The van der Waals surface area contributed by atoms with E-state index < -0.39 is 0 Å². The Morgan fingerprint density at radius 3 is 2.83 bits per heavy atom. The lowest BCUT2D eigenvalue weighted by Crippen LogP contribution is -2.42. The summed E-state index contributed by atoms with van der Waals surface area (Å²) in [4.78, 5) is 26.4. The lowest BCUT2D eigenvalue weighted by molar-refractivity contribution is -0.132. The Hall–Kier alpha value is -0.880. The van der Waals surface area contributed by atoms with Crippen LogP contribution in [0.2, 0.25) is 0 Å². The molecule has 0 unspecified atom stereocenters. The van der Waals surface area contributed by atoms with Gasteiger partial charge in [0.2, 0.25) is 11.8 Å². The van der Waals surface area contributed by atoms with E-state index in [1.54, 1.807) is 23.3 Å². The summed E-state index contributed by atoms with van der Waals surface area (Å²) in [6.07, 6.45) is 0.696. The van der Waals surface area contributed by atoms with Crippen molar-refractivity contribution in [3.05, 3.63) is 20.8 Å². The van der Waals surface area contributed by atoms with Gasteiger partial charge in [-0.1, -0.05) is 0 Å². The van der Waals surface area contributed by atoms with Crippen LogP contribution in [0.3, 0.4) is 0 Å². The Morgan fingerprint density at radius 1 is 1.61 bits per heavy atom. The second-order valence-electron chi connectivity index (χ2n) is 4.47. The van der Waals surface area contributed by atoms with Gasteiger partial charge in [-0.05, 0) is 41.4 Å². The number of nitrogens with one attached hydrogen (secondary N) is 1. The minimum absolute atomic E-state index is 0.00269. The summed E-state index contributed by atoms with van der Waals surface area (Å²) in [7, 11) is 1.76. The minimum atomic E-state index is -0.353. The Morgan fingerprint density at radius 2 is 2.33 bits per heavy atom. The molecule has 6 heteroatoms. The summed E-state index contributed by atoms with van der Waals surface area (Å²) in [6, 6.07) is 3.51. The Balaban J connectivity index is 1.98. The number of hydrogen-bond acceptors (Lipinski definition) is 3. The van der Waals surface area contributed by atoms with Crippen LogP contribution in [0.5, 0.6) is 0 Å². The van der Waals surface area contributed by atoms with Crippen LogP contribution < -0.4 is 5.32 Å². The van der Waals surface area contributed by atoms with Crippen molar-refractivity contribution in [2.45, 2.75) is 25.3 Å². The molecular formula is C12H15BrN2O2S. The van der Waals surface area contributed by atoms with E-state index in [0.29, 0.717) is 13.0 Å². The lowest BCUT2D eigenvalue weighted by Gasteiger charge is -2.15. The zero-order valence-electron chi connectivity index (χ0n) is 10.3. The first-order valence-corrected chi connectivity index (χ1v) is 7.40. The van der Waals surface area contributed by atoms with E-state index in [2.05, 4.69) is 21.2 Å². The standard InChI is InChI=1S/C12H15BrN2O2S/c1-7(9-3-4-10(13)18-9)11(16)14-8-5-6-15(2)12(8)17/h3-4,7-8H,5-6H2,1-2H3,(H,14,16)/t7-,8+/m1/s1. The third-order valence-electron chi connectivity index (χ3n) is 3.16. The second-order valence-corrected chi connectivity index (χ2v) is 6.97. The molecular weight excluding hydrogens is 316 g/mol. The van der Waals surface area contributed by atoms with Crippen molar-refractivity contribution in [2.24, 2.45) is 0 Å². The molecule has 0 aliphatic carbocycles. The molecule has 1 aromatic rings. The number of halogens is 1. The van der Waals surface area contributed by atoms with Crippen LogP contribution in [0.1, 0.15) is 24.1 Å². The fourth-order valence-corrected chi connectivity index (χ4v) is 3.42. The van der Waals surface area contributed by atoms with E-state index in [1.807, 2.05) is 19.1 Å². The minimum Gasteiger partial charge on any atom is -0.344 e. The van der Waals surface area contributed by atoms with Gasteiger partial charge in [-0.2, -0.15) is 0 Å². The maximum Gasteiger partial charge on any atom is 0.244 e. The first-order chi connectivity index (χ1) is 8.49. The summed E-state index contributed by atoms with van der Waals surface area (Å²) in [5, 5.41) is 2.83. The Labute approximate surface area is 118 Å². The fraction of sp³-hybridized carbons (Fsp3) is 0.500. The number of carbonyl (C=O) groups is 2. The van der Waals surface area contributed by atoms with Crippen LogP contribution in [0.4, 0.5) is 0 Å². The van der Waals surface area contributed by atoms with Crippen LogP contribution in [0.25, 0.3) is 0 Å². The molecule has 2 heterocycles. The Bertz CT molecular complexity index is 474. The zero-order valence-corrected chi connectivity index (χ0v) is 12.7. The summed E-state index contributed by atoms with van der Waals surface area (Å²) in [5.74, 6) is -0.305. The molecule has 2 amide bonds. The molecule has 1 saturated heterocycles. The number of hydrogen-bond donors (Lipinski definition) is 1. The number of amides is 2. The van der Waals surface area contributed by atoms with Crippen molar-refractivity contribution in [2.75, 3.05) is 13.6 Å². The highest BCUT2D eigenvalue weighted by Gasteiger charge is 2.31. The van der Waals surface area contributed by atoms with Gasteiger partial charge in [0.05, 0.1) is 9.70 Å². The molecule has 98 valence electrons. The Kier molecular flexibility index (Phi) is 4.07. The van der Waals surface area contributed by atoms with E-state index >= 15 is 0 Å². The third kappa shape index (κ3) is 2.75. The zero-order chi connectivity index (χ0) is 13.3. The van der Waals surface area contributed by atoms with Gasteiger partial charge in [0.15, 0.2) is 0 Å². The van der Waals surface area contributed by atoms with Crippen molar-refractivity contribution in [3.8, 4) is 0 Å². The number of thiophene rings is 1. The van der Waals surface area contributed by atoms with E-state index in [4.69, 9.17) is 0 Å². The molecule has 0 aromatic carbocycles. The normalized spacial score (nSPS) is 21.2. The predicted octanol–water partition coefficient (Wildman–Crippen LogP) is 1.96. The number of rotatable bonds is 3. The number of nitrogens with zero attached hydrogens (tertiary/aromatic N) is 1. The van der Waals surface area contributed by atoms with Gasteiger partial charge in [-0.3, -0.25) is 9.59 Å². The SMILES string of the molecule is C[C@@H](C(=O)N[C@H]1CCN(C)C1=O)c1ccc(Br)s1. The maximum atomic E-state index is 12.1. The highest BCUT2D eigenvalue weighted by Crippen LogP contribution is 2.28. The van der Waals surface area contributed by atoms with Gasteiger partial charge < -0.3 is 10.2 Å². The largest absolute Gasteiger partial charge is 0.344 e. The van der Waals surface area contributed by atoms with Crippen molar-refractivity contribution < 1.29 is 9.59 Å². The van der Waals surface area contributed by atoms with Crippen LogP contribution >= 0.6 is 27.3 Å². The molecule has 0 spiro atoms. The van der Waals surface area contributed by atoms with Crippen molar-refractivity contribution >= 4 is 39.1 Å². The molecule has 1 aliphatic heterocycles. The highest BCUT2D eigenvalue weighted by molar-refractivity contribution is 9.11. The predicted molar refractivity (Wildman–Crippen MR) is 74.6 cm³/mol. The van der Waals surface area contributed by atoms with E-state index in [1.165, 1.54) is 0 Å². The monoisotopic (exact) mass is 330 g/mol. The number of likely N-dealkylation sites (N-methyl/N-ethyl adjacent to an activating group) is 1. The lowest BCUT2D eigenvalue weighted by atomic mass is 10.1. The topological polar surface area (TPSA) is 49.4 Å². The van der Waals surface area contributed by atoms with Crippen molar-refractivity contribution in [1.29, 1.82) is 0 Å². The molecule has 1 N–H and O–H groups in total. The molecule has 2 rings (SSSR count). The molecule has 0 saturated carbocycles. The van der Waals surface area contributed by atoms with Crippen LogP contribution in [-0.4, -0.2) is 36.3 Å². The van der Waals surface area contributed by atoms with Gasteiger partial charge >= 0.3 is 0 Å². The summed E-state index contributed by atoms with van der Waals surface area (Å²) < 4.78 is 1.01. The number of carbonyl (C=O) groups excluding carboxylic acids is 2. The first-order valence-electron chi connectivity index (χ1n) is 5.79. The first kappa shape index (κ1) is 13.5. The summed E-state index contributed by atoms with van der Waals surface area (Å²) >= 11 is 4.93. The molecule has 1 aliphatic rings. The molecule has 2 atom stereocenters. The summed E-state index contributed by atoms with van der Waals surface area (Å²) in [6.45, 7) is 2.57. The average Bonchev–Trinajstić information content (AvgIpc) is 2.89. The third-order valence-corrected chi connectivity index (χ3v) is 4.96. The molecule has 1 fully saturated rings. The molecule has 4 nitrogen and oxygen atoms in total. The molecule has 0 bridgehead atoms. The summed E-state index contributed by atoms with van der Waals surface area (Å²) in [5.41, 5.74) is 0. The van der Waals surface area contributed by atoms with Gasteiger partial charge in [0.25, 0.3) is 0 Å². The number of likely N-dealkylation sites (tertiary alicyclic amines) is 1. The van der Waals surface area contributed by atoms with E-state index in [0.717, 1.165) is 8.66 Å². The molecule has 0 radical (unpaired) electrons. The van der Waals surface area contributed by atoms with Gasteiger partial charge in [-0.25, -0.2) is 0 Å². The van der Waals surface area contributed by atoms with E-state index in [-0.39, 0.29) is 23.8 Å². The van der Waals surface area contributed by atoms with Gasteiger partial charge in [0, 0.05) is 18.5 Å². The smallest absolute Gasteiger partial charge is 0.244 e. The van der Waals surface area contributed by atoms with Crippen molar-refractivity contribution in [3.63, 3.8) is 0 Å². The molecule has 1 aromatic heterocycles. The maximum absolute atomic E-state index is 12.1.